The summed E-state index contributed by atoms with van der Waals surface area (Å²) in [6, 6.07) is 13.0. The molecule has 29 heavy (non-hydrogen) atoms. The lowest BCUT2D eigenvalue weighted by Gasteiger charge is -2.32. The van der Waals surface area contributed by atoms with Crippen LogP contribution in [0.25, 0.3) is 0 Å². The number of methoxy groups -OCH3 is 2. The van der Waals surface area contributed by atoms with Crippen molar-refractivity contribution in [3.8, 4) is 5.75 Å². The summed E-state index contributed by atoms with van der Waals surface area (Å²) in [5.74, 6) is -0.388. The normalized spacial score (nSPS) is 15.0. The van der Waals surface area contributed by atoms with Crippen LogP contribution in [-0.4, -0.2) is 57.8 Å². The Labute approximate surface area is 170 Å². The molecule has 7 nitrogen and oxygen atoms in total. The number of esters is 1. The standard InChI is InChI=1S/C21H23NO6S/c1-27-18-9-5-3-7-16(18)20(23)22-13-11-15(12-14-22)29(25,26)19-10-6-4-8-17(19)21(24)28-2/h3-10,15H,11-14H2,1-2H3. The summed E-state index contributed by atoms with van der Waals surface area (Å²) in [7, 11) is -1.02. The van der Waals surface area contributed by atoms with Crippen LogP contribution in [0.2, 0.25) is 0 Å². The van der Waals surface area contributed by atoms with E-state index < -0.39 is 21.1 Å². The molecule has 8 heteroatoms. The number of piperidine rings is 1. The number of sulfone groups is 1. The van der Waals surface area contributed by atoms with Crippen LogP contribution < -0.4 is 4.74 Å². The van der Waals surface area contributed by atoms with Gasteiger partial charge in [-0.1, -0.05) is 24.3 Å². The van der Waals surface area contributed by atoms with E-state index in [1.54, 1.807) is 41.3 Å². The molecule has 3 rings (SSSR count). The third-order valence-electron chi connectivity index (χ3n) is 5.10. The molecule has 2 aromatic rings. The quantitative estimate of drug-likeness (QED) is 0.695. The second-order valence-corrected chi connectivity index (χ2v) is 8.92. The van der Waals surface area contributed by atoms with E-state index in [-0.39, 0.29) is 16.4 Å². The van der Waals surface area contributed by atoms with E-state index in [4.69, 9.17) is 9.47 Å². The molecule has 0 N–H and O–H groups in total. The van der Waals surface area contributed by atoms with Gasteiger partial charge in [0.2, 0.25) is 0 Å². The molecular weight excluding hydrogens is 394 g/mol. The fourth-order valence-electron chi connectivity index (χ4n) is 3.53. The van der Waals surface area contributed by atoms with E-state index in [2.05, 4.69) is 0 Å². The van der Waals surface area contributed by atoms with Gasteiger partial charge in [0.25, 0.3) is 5.91 Å². The number of benzene rings is 2. The molecular formula is C21H23NO6S. The van der Waals surface area contributed by atoms with E-state index in [1.807, 2.05) is 0 Å². The number of para-hydroxylation sites is 1. The van der Waals surface area contributed by atoms with Crippen LogP contribution in [0.15, 0.2) is 53.4 Å². The van der Waals surface area contributed by atoms with Crippen molar-refractivity contribution in [1.82, 2.24) is 4.90 Å². The molecule has 1 aliphatic heterocycles. The van der Waals surface area contributed by atoms with Crippen LogP contribution in [0.5, 0.6) is 5.75 Å². The van der Waals surface area contributed by atoms with Gasteiger partial charge >= 0.3 is 5.97 Å². The minimum atomic E-state index is -3.74. The maximum Gasteiger partial charge on any atom is 0.339 e. The highest BCUT2D eigenvalue weighted by molar-refractivity contribution is 7.92. The number of carbonyl (C=O) groups excluding carboxylic acids is 2. The van der Waals surface area contributed by atoms with Gasteiger partial charge in [0.1, 0.15) is 5.75 Å². The van der Waals surface area contributed by atoms with Crippen LogP contribution in [0, 0.1) is 0 Å². The average molecular weight is 417 g/mol. The van der Waals surface area contributed by atoms with Gasteiger partial charge in [-0.15, -0.1) is 0 Å². The predicted octanol–water partition coefficient (Wildman–Crippen LogP) is 2.56. The topological polar surface area (TPSA) is 90.0 Å². The lowest BCUT2D eigenvalue weighted by molar-refractivity contribution is 0.0596. The van der Waals surface area contributed by atoms with Gasteiger partial charge in [-0.25, -0.2) is 13.2 Å². The van der Waals surface area contributed by atoms with Crippen LogP contribution in [0.1, 0.15) is 33.6 Å². The first-order chi connectivity index (χ1) is 13.9. The van der Waals surface area contributed by atoms with Crippen molar-refractivity contribution in [2.75, 3.05) is 27.3 Å². The van der Waals surface area contributed by atoms with Crippen molar-refractivity contribution in [3.05, 3.63) is 59.7 Å². The van der Waals surface area contributed by atoms with Gasteiger partial charge in [-0.2, -0.15) is 0 Å². The van der Waals surface area contributed by atoms with Crippen molar-refractivity contribution in [1.29, 1.82) is 0 Å². The van der Waals surface area contributed by atoms with Gasteiger partial charge < -0.3 is 14.4 Å². The van der Waals surface area contributed by atoms with Crippen LogP contribution in [0.3, 0.4) is 0 Å². The average Bonchev–Trinajstić information content (AvgIpc) is 2.78. The summed E-state index contributed by atoms with van der Waals surface area (Å²) in [6.07, 6.45) is 0.581. The van der Waals surface area contributed by atoms with Crippen LogP contribution in [0.4, 0.5) is 0 Å². The highest BCUT2D eigenvalue weighted by atomic mass is 32.2. The van der Waals surface area contributed by atoms with Gasteiger partial charge in [0, 0.05) is 13.1 Å². The Morgan fingerprint density at radius 3 is 2.14 bits per heavy atom. The molecule has 1 fully saturated rings. The number of carbonyl (C=O) groups is 2. The maximum absolute atomic E-state index is 13.1. The molecule has 1 aliphatic rings. The minimum absolute atomic E-state index is 0.0265. The fourth-order valence-corrected chi connectivity index (χ4v) is 5.45. The second kappa shape index (κ2) is 8.65. The summed E-state index contributed by atoms with van der Waals surface area (Å²) in [6.45, 7) is 0.613. The lowest BCUT2D eigenvalue weighted by Crippen LogP contribution is -2.42. The fraction of sp³-hybridized carbons (Fsp3) is 0.333. The lowest BCUT2D eigenvalue weighted by atomic mass is 10.1. The molecule has 1 saturated heterocycles. The second-order valence-electron chi connectivity index (χ2n) is 6.72. The number of nitrogens with zero attached hydrogens (tertiary/aromatic N) is 1. The minimum Gasteiger partial charge on any atom is -0.496 e. The third-order valence-corrected chi connectivity index (χ3v) is 7.42. The number of amides is 1. The monoisotopic (exact) mass is 417 g/mol. The van der Waals surface area contributed by atoms with Crippen molar-refractivity contribution >= 4 is 21.7 Å². The number of likely N-dealkylation sites (tertiary alicyclic amines) is 1. The summed E-state index contributed by atoms with van der Waals surface area (Å²) in [5, 5.41) is -0.671. The SMILES string of the molecule is COC(=O)c1ccccc1S(=O)(=O)C1CCN(C(=O)c2ccccc2OC)CC1. The van der Waals surface area contributed by atoms with Gasteiger partial charge in [-0.3, -0.25) is 4.79 Å². The molecule has 2 aromatic carbocycles. The first-order valence-electron chi connectivity index (χ1n) is 9.23. The summed E-state index contributed by atoms with van der Waals surface area (Å²) >= 11 is 0. The zero-order valence-corrected chi connectivity index (χ0v) is 17.1. The first kappa shape index (κ1) is 20.9. The Bertz CT molecular complexity index is 1010. The smallest absolute Gasteiger partial charge is 0.339 e. The molecule has 0 atom stereocenters. The summed E-state index contributed by atoms with van der Waals surface area (Å²) in [5.41, 5.74) is 0.481. The largest absolute Gasteiger partial charge is 0.496 e. The summed E-state index contributed by atoms with van der Waals surface area (Å²) < 4.78 is 36.2. The number of hydrogen-bond donors (Lipinski definition) is 0. The first-order valence-corrected chi connectivity index (χ1v) is 10.8. The van der Waals surface area contributed by atoms with E-state index in [0.717, 1.165) is 0 Å². The van der Waals surface area contributed by atoms with Crippen molar-refractivity contribution in [2.45, 2.75) is 23.0 Å². The third kappa shape index (κ3) is 4.12. The zero-order valence-electron chi connectivity index (χ0n) is 16.3. The molecule has 0 saturated carbocycles. The van der Waals surface area contributed by atoms with Crippen molar-refractivity contribution in [2.24, 2.45) is 0 Å². The van der Waals surface area contributed by atoms with E-state index in [0.29, 0.717) is 37.2 Å². The maximum atomic E-state index is 13.1. The Balaban J connectivity index is 1.77. The van der Waals surface area contributed by atoms with E-state index >= 15 is 0 Å². The Morgan fingerprint density at radius 1 is 0.931 bits per heavy atom. The van der Waals surface area contributed by atoms with Crippen molar-refractivity contribution in [3.63, 3.8) is 0 Å². The molecule has 0 radical (unpaired) electrons. The Morgan fingerprint density at radius 2 is 1.52 bits per heavy atom. The van der Waals surface area contributed by atoms with E-state index in [9.17, 15) is 18.0 Å². The van der Waals surface area contributed by atoms with Gasteiger partial charge in [0.05, 0.1) is 35.5 Å². The zero-order chi connectivity index (χ0) is 21.0. The molecule has 0 spiro atoms. The molecule has 0 unspecified atom stereocenters. The van der Waals surface area contributed by atoms with E-state index in [1.165, 1.54) is 26.4 Å². The van der Waals surface area contributed by atoms with Crippen LogP contribution >= 0.6 is 0 Å². The molecule has 1 heterocycles. The van der Waals surface area contributed by atoms with Gasteiger partial charge in [-0.05, 0) is 37.1 Å². The van der Waals surface area contributed by atoms with Gasteiger partial charge in [0.15, 0.2) is 9.84 Å². The number of hydrogen-bond acceptors (Lipinski definition) is 6. The Hall–Kier alpha value is -2.87. The highest BCUT2D eigenvalue weighted by Crippen LogP contribution is 2.29. The Kier molecular flexibility index (Phi) is 6.22. The molecule has 0 aromatic heterocycles. The molecule has 154 valence electrons. The summed E-state index contributed by atoms with van der Waals surface area (Å²) in [4.78, 5) is 26.4. The molecule has 0 bridgehead atoms. The highest BCUT2D eigenvalue weighted by Gasteiger charge is 2.35. The number of rotatable bonds is 5. The molecule has 1 amide bonds. The number of ether oxygens (including phenoxy) is 2. The predicted molar refractivity (Wildman–Crippen MR) is 107 cm³/mol. The van der Waals surface area contributed by atoms with Crippen LogP contribution in [-0.2, 0) is 14.6 Å². The van der Waals surface area contributed by atoms with Crippen molar-refractivity contribution < 1.29 is 27.5 Å². The molecule has 0 aliphatic carbocycles.